The third kappa shape index (κ3) is 0.957. The zero-order chi connectivity index (χ0) is 10.8. The SMILES string of the molecule is CC1(C)[C@@H]2CC(=O)[C@]3(CCC(=O)C3)[C@H]1C2. The van der Waals surface area contributed by atoms with Gasteiger partial charge in [-0.1, -0.05) is 13.8 Å². The summed E-state index contributed by atoms with van der Waals surface area (Å²) in [6.07, 6.45) is 3.95. The summed E-state index contributed by atoms with van der Waals surface area (Å²) in [7, 11) is 0. The average Bonchev–Trinajstić information content (AvgIpc) is 2.53. The van der Waals surface area contributed by atoms with E-state index >= 15 is 0 Å². The molecule has 4 rings (SSSR count). The molecule has 0 N–H and O–H groups in total. The lowest BCUT2D eigenvalue weighted by atomic mass is 9.40. The molecule has 2 nitrogen and oxygen atoms in total. The van der Waals surface area contributed by atoms with Crippen molar-refractivity contribution in [2.75, 3.05) is 0 Å². The topological polar surface area (TPSA) is 34.1 Å². The fraction of sp³-hybridized carbons (Fsp3) is 0.846. The summed E-state index contributed by atoms with van der Waals surface area (Å²) in [4.78, 5) is 23.6. The Hall–Kier alpha value is -0.660. The number of carbonyl (C=O) groups excluding carboxylic acids is 2. The molecule has 0 amide bonds. The lowest BCUT2D eigenvalue weighted by Gasteiger charge is -2.63. The Bertz CT molecular complexity index is 356. The Morgan fingerprint density at radius 2 is 2.00 bits per heavy atom. The van der Waals surface area contributed by atoms with Crippen LogP contribution in [0.4, 0.5) is 0 Å². The van der Waals surface area contributed by atoms with Crippen LogP contribution in [-0.2, 0) is 9.59 Å². The fourth-order valence-electron chi connectivity index (χ4n) is 4.35. The average molecular weight is 206 g/mol. The minimum Gasteiger partial charge on any atom is -0.300 e. The van der Waals surface area contributed by atoms with Gasteiger partial charge in [0.1, 0.15) is 11.6 Å². The second-order valence-corrected chi connectivity index (χ2v) is 6.31. The van der Waals surface area contributed by atoms with Crippen LogP contribution in [0.3, 0.4) is 0 Å². The Morgan fingerprint density at radius 3 is 2.53 bits per heavy atom. The Balaban J connectivity index is 2.00. The van der Waals surface area contributed by atoms with Crippen LogP contribution in [0.25, 0.3) is 0 Å². The molecular weight excluding hydrogens is 188 g/mol. The fourth-order valence-corrected chi connectivity index (χ4v) is 4.35. The maximum Gasteiger partial charge on any atom is 0.140 e. The maximum atomic E-state index is 12.1. The second kappa shape index (κ2) is 2.53. The van der Waals surface area contributed by atoms with Crippen LogP contribution in [0.2, 0.25) is 0 Å². The van der Waals surface area contributed by atoms with Crippen molar-refractivity contribution in [1.82, 2.24) is 0 Å². The molecule has 2 heteroatoms. The molecule has 4 aliphatic carbocycles. The molecule has 1 spiro atoms. The van der Waals surface area contributed by atoms with Crippen LogP contribution in [0.5, 0.6) is 0 Å². The number of carbonyl (C=O) groups is 2. The van der Waals surface area contributed by atoms with Gasteiger partial charge in [-0.15, -0.1) is 0 Å². The highest BCUT2D eigenvalue weighted by Gasteiger charge is 2.66. The van der Waals surface area contributed by atoms with Crippen molar-refractivity contribution in [3.05, 3.63) is 0 Å². The largest absolute Gasteiger partial charge is 0.300 e. The van der Waals surface area contributed by atoms with Gasteiger partial charge >= 0.3 is 0 Å². The zero-order valence-electron chi connectivity index (χ0n) is 9.51. The van der Waals surface area contributed by atoms with E-state index in [-0.39, 0.29) is 5.41 Å². The van der Waals surface area contributed by atoms with Gasteiger partial charge in [0, 0.05) is 24.7 Å². The molecule has 0 saturated heterocycles. The molecule has 4 saturated carbocycles. The Labute approximate surface area is 90.4 Å². The van der Waals surface area contributed by atoms with E-state index in [1.54, 1.807) is 0 Å². The predicted octanol–water partition coefficient (Wildman–Crippen LogP) is 2.36. The van der Waals surface area contributed by atoms with Crippen molar-refractivity contribution in [2.24, 2.45) is 22.7 Å². The first-order valence-electron chi connectivity index (χ1n) is 6.02. The van der Waals surface area contributed by atoms with Crippen molar-refractivity contribution in [3.63, 3.8) is 0 Å². The first-order valence-corrected chi connectivity index (χ1v) is 6.02. The minimum atomic E-state index is -0.227. The van der Waals surface area contributed by atoms with E-state index in [1.807, 2.05) is 0 Å². The van der Waals surface area contributed by atoms with Gasteiger partial charge in [-0.3, -0.25) is 9.59 Å². The van der Waals surface area contributed by atoms with Crippen LogP contribution >= 0.6 is 0 Å². The standard InChI is InChI=1S/C13H18O2/c1-12(2)8-5-10(12)13(11(15)6-8)4-3-9(14)7-13/h8,10H,3-7H2,1-2H3/t8-,10-,13-/m0/s1. The molecule has 0 heterocycles. The zero-order valence-corrected chi connectivity index (χ0v) is 9.51. The van der Waals surface area contributed by atoms with Crippen molar-refractivity contribution in [1.29, 1.82) is 0 Å². The second-order valence-electron chi connectivity index (χ2n) is 6.31. The van der Waals surface area contributed by atoms with Crippen molar-refractivity contribution in [3.8, 4) is 0 Å². The number of Topliss-reactive ketones (excluding diaryl/α,β-unsaturated/α-hetero) is 2. The number of hydrogen-bond donors (Lipinski definition) is 0. The summed E-state index contributed by atoms with van der Waals surface area (Å²) in [6.45, 7) is 4.56. The molecular formula is C13H18O2. The molecule has 82 valence electrons. The highest BCUT2D eigenvalue weighted by atomic mass is 16.1. The molecule has 0 aromatic heterocycles. The first kappa shape index (κ1) is 9.56. The number of rotatable bonds is 0. The third-order valence-corrected chi connectivity index (χ3v) is 5.49. The third-order valence-electron chi connectivity index (χ3n) is 5.49. The number of hydrogen-bond acceptors (Lipinski definition) is 2. The van der Waals surface area contributed by atoms with E-state index in [0.29, 0.717) is 41.7 Å². The minimum absolute atomic E-state index is 0.227. The molecule has 0 aliphatic heterocycles. The van der Waals surface area contributed by atoms with E-state index in [9.17, 15) is 9.59 Å². The van der Waals surface area contributed by atoms with Gasteiger partial charge < -0.3 is 0 Å². The van der Waals surface area contributed by atoms with Crippen LogP contribution in [0.15, 0.2) is 0 Å². The lowest BCUT2D eigenvalue weighted by molar-refractivity contribution is -0.176. The number of fused-ring (bicyclic) bond motifs is 1. The highest BCUT2D eigenvalue weighted by Crippen LogP contribution is 2.68. The maximum absolute atomic E-state index is 12.1. The first-order chi connectivity index (χ1) is 6.97. The summed E-state index contributed by atoms with van der Waals surface area (Å²) in [5, 5.41) is 0. The van der Waals surface area contributed by atoms with E-state index < -0.39 is 0 Å². The normalized spacial score (nSPS) is 47.1. The predicted molar refractivity (Wildman–Crippen MR) is 56.3 cm³/mol. The molecule has 0 unspecified atom stereocenters. The monoisotopic (exact) mass is 206 g/mol. The van der Waals surface area contributed by atoms with Crippen LogP contribution in [0.1, 0.15) is 46.0 Å². The quantitative estimate of drug-likeness (QED) is 0.609. The van der Waals surface area contributed by atoms with Crippen LogP contribution in [0, 0.1) is 22.7 Å². The van der Waals surface area contributed by atoms with Gasteiger partial charge in [0.25, 0.3) is 0 Å². The molecule has 0 radical (unpaired) electrons. The van der Waals surface area contributed by atoms with Gasteiger partial charge in [-0.25, -0.2) is 0 Å². The molecule has 0 aromatic rings. The molecule has 4 fully saturated rings. The van der Waals surface area contributed by atoms with Gasteiger partial charge in [-0.05, 0) is 30.1 Å². The van der Waals surface area contributed by atoms with E-state index in [0.717, 1.165) is 12.8 Å². The van der Waals surface area contributed by atoms with Crippen molar-refractivity contribution < 1.29 is 9.59 Å². The Kier molecular flexibility index (Phi) is 1.61. The van der Waals surface area contributed by atoms with Crippen LogP contribution in [-0.4, -0.2) is 11.6 Å². The summed E-state index contributed by atoms with van der Waals surface area (Å²) in [5.74, 6) is 1.79. The molecule has 4 aliphatic rings. The van der Waals surface area contributed by atoms with Crippen molar-refractivity contribution in [2.45, 2.75) is 46.0 Å². The van der Waals surface area contributed by atoms with Crippen molar-refractivity contribution >= 4 is 11.6 Å². The summed E-state index contributed by atoms with van der Waals surface area (Å²) >= 11 is 0. The lowest BCUT2D eigenvalue weighted by Crippen LogP contribution is -2.61. The summed E-state index contributed by atoms with van der Waals surface area (Å²) in [6, 6.07) is 0. The number of ketones is 2. The summed E-state index contributed by atoms with van der Waals surface area (Å²) in [5.41, 5.74) is 0.0772. The van der Waals surface area contributed by atoms with E-state index in [2.05, 4.69) is 13.8 Å². The molecule has 3 atom stereocenters. The molecule has 2 bridgehead atoms. The van der Waals surface area contributed by atoms with Gasteiger partial charge in [0.05, 0.1) is 0 Å². The van der Waals surface area contributed by atoms with E-state index in [1.165, 1.54) is 6.42 Å². The van der Waals surface area contributed by atoms with Gasteiger partial charge in [-0.2, -0.15) is 0 Å². The van der Waals surface area contributed by atoms with Crippen LogP contribution < -0.4 is 0 Å². The summed E-state index contributed by atoms with van der Waals surface area (Å²) < 4.78 is 0. The molecule has 0 aromatic carbocycles. The Morgan fingerprint density at radius 1 is 1.27 bits per heavy atom. The van der Waals surface area contributed by atoms with Gasteiger partial charge in [0.15, 0.2) is 0 Å². The van der Waals surface area contributed by atoms with E-state index in [4.69, 9.17) is 0 Å². The highest BCUT2D eigenvalue weighted by molar-refractivity contribution is 5.96. The smallest absolute Gasteiger partial charge is 0.140 e. The molecule has 15 heavy (non-hydrogen) atoms. The van der Waals surface area contributed by atoms with Gasteiger partial charge in [0.2, 0.25) is 0 Å².